The van der Waals surface area contributed by atoms with Gasteiger partial charge in [0.25, 0.3) is 5.91 Å². The number of nitrogens with one attached hydrogen (secondary N) is 3. The Bertz CT molecular complexity index is 1060. The summed E-state index contributed by atoms with van der Waals surface area (Å²) in [4.78, 5) is 37.1. The van der Waals surface area contributed by atoms with Gasteiger partial charge in [0, 0.05) is 13.1 Å². The molecular formula is C26H27N3O3. The maximum absolute atomic E-state index is 12.6. The van der Waals surface area contributed by atoms with E-state index in [1.54, 1.807) is 24.3 Å². The second kappa shape index (κ2) is 11.5. The summed E-state index contributed by atoms with van der Waals surface area (Å²) in [5, 5.41) is 8.01. The number of carbonyl (C=O) groups excluding carboxylic acids is 3. The fourth-order valence-electron chi connectivity index (χ4n) is 3.17. The van der Waals surface area contributed by atoms with Crippen molar-refractivity contribution in [2.45, 2.75) is 26.3 Å². The van der Waals surface area contributed by atoms with Crippen LogP contribution < -0.4 is 16.0 Å². The third-order valence-electron chi connectivity index (χ3n) is 4.97. The van der Waals surface area contributed by atoms with Crippen LogP contribution in [-0.4, -0.2) is 24.3 Å². The summed E-state index contributed by atoms with van der Waals surface area (Å²) in [6.45, 7) is 2.75. The molecule has 0 heterocycles. The monoisotopic (exact) mass is 429 g/mol. The van der Waals surface area contributed by atoms with Gasteiger partial charge in [-0.2, -0.15) is 0 Å². The van der Waals surface area contributed by atoms with E-state index in [4.69, 9.17) is 0 Å². The lowest BCUT2D eigenvalue weighted by atomic mass is 10.1. The van der Waals surface area contributed by atoms with Crippen molar-refractivity contribution < 1.29 is 14.4 Å². The van der Waals surface area contributed by atoms with Crippen LogP contribution in [0.3, 0.4) is 0 Å². The molecule has 0 aliphatic carbocycles. The summed E-state index contributed by atoms with van der Waals surface area (Å²) < 4.78 is 0. The number of anilines is 1. The van der Waals surface area contributed by atoms with Crippen molar-refractivity contribution in [3.63, 3.8) is 0 Å². The Morgan fingerprint density at radius 3 is 2.16 bits per heavy atom. The zero-order valence-electron chi connectivity index (χ0n) is 18.1. The molecule has 0 spiro atoms. The van der Waals surface area contributed by atoms with Crippen LogP contribution in [-0.2, 0) is 22.6 Å². The van der Waals surface area contributed by atoms with Crippen molar-refractivity contribution in [3.05, 3.63) is 101 Å². The summed E-state index contributed by atoms with van der Waals surface area (Å²) in [6.07, 6.45) is 1.54. The molecule has 164 valence electrons. The van der Waals surface area contributed by atoms with Crippen LogP contribution in [0.15, 0.2) is 78.9 Å². The molecule has 3 rings (SSSR count). The van der Waals surface area contributed by atoms with E-state index in [9.17, 15) is 14.4 Å². The zero-order chi connectivity index (χ0) is 22.8. The highest BCUT2D eigenvalue weighted by Gasteiger charge is 2.17. The lowest BCUT2D eigenvalue weighted by Crippen LogP contribution is -2.36. The van der Waals surface area contributed by atoms with Gasteiger partial charge in [0.2, 0.25) is 0 Å². The third-order valence-corrected chi connectivity index (χ3v) is 4.97. The molecule has 3 amide bonds. The minimum Gasteiger partial charge on any atom is -0.348 e. The first-order valence-electron chi connectivity index (χ1n) is 10.6. The predicted molar refractivity (Wildman–Crippen MR) is 125 cm³/mol. The summed E-state index contributed by atoms with van der Waals surface area (Å²) >= 11 is 0. The molecule has 0 fully saturated rings. The van der Waals surface area contributed by atoms with Gasteiger partial charge in [-0.25, -0.2) is 0 Å². The van der Waals surface area contributed by atoms with Crippen LogP contribution in [0.4, 0.5) is 5.69 Å². The van der Waals surface area contributed by atoms with Gasteiger partial charge in [-0.1, -0.05) is 72.3 Å². The molecule has 3 N–H and O–H groups in total. The Labute approximate surface area is 188 Å². The Hall–Kier alpha value is -3.93. The Kier molecular flexibility index (Phi) is 8.15. The van der Waals surface area contributed by atoms with E-state index in [1.165, 1.54) is 5.56 Å². The summed E-state index contributed by atoms with van der Waals surface area (Å²) in [6, 6.07) is 24.4. The zero-order valence-corrected chi connectivity index (χ0v) is 18.1. The molecule has 0 radical (unpaired) electrons. The fraction of sp³-hybridized carbons (Fsp3) is 0.192. The smallest absolute Gasteiger partial charge is 0.313 e. The minimum atomic E-state index is -0.802. The molecule has 6 heteroatoms. The average Bonchev–Trinajstić information content (AvgIpc) is 2.82. The average molecular weight is 430 g/mol. The van der Waals surface area contributed by atoms with E-state index in [-0.39, 0.29) is 5.91 Å². The Morgan fingerprint density at radius 2 is 1.41 bits per heavy atom. The molecular weight excluding hydrogens is 402 g/mol. The van der Waals surface area contributed by atoms with Gasteiger partial charge in [0.15, 0.2) is 0 Å². The molecule has 0 saturated heterocycles. The van der Waals surface area contributed by atoms with E-state index in [1.807, 2.05) is 61.5 Å². The fourth-order valence-corrected chi connectivity index (χ4v) is 3.17. The highest BCUT2D eigenvalue weighted by atomic mass is 16.2. The van der Waals surface area contributed by atoms with E-state index in [0.29, 0.717) is 24.3 Å². The number of carbonyl (C=O) groups is 3. The number of para-hydroxylation sites is 1. The van der Waals surface area contributed by atoms with Gasteiger partial charge >= 0.3 is 11.8 Å². The summed E-state index contributed by atoms with van der Waals surface area (Å²) in [7, 11) is 0. The summed E-state index contributed by atoms with van der Waals surface area (Å²) in [5.74, 6) is -1.86. The van der Waals surface area contributed by atoms with Gasteiger partial charge in [0.05, 0.1) is 11.3 Å². The van der Waals surface area contributed by atoms with Crippen molar-refractivity contribution in [2.24, 2.45) is 0 Å². The van der Waals surface area contributed by atoms with Crippen LogP contribution in [0.5, 0.6) is 0 Å². The first-order valence-corrected chi connectivity index (χ1v) is 10.6. The lowest BCUT2D eigenvalue weighted by Gasteiger charge is -2.12. The van der Waals surface area contributed by atoms with E-state index >= 15 is 0 Å². The number of aryl methyl sites for hydroxylation is 2. The maximum Gasteiger partial charge on any atom is 0.313 e. The van der Waals surface area contributed by atoms with Crippen LogP contribution in [0.25, 0.3) is 0 Å². The highest BCUT2D eigenvalue weighted by molar-refractivity contribution is 6.40. The molecule has 0 aromatic heterocycles. The third kappa shape index (κ3) is 6.80. The standard InChI is InChI=1S/C26H27N3O3/c1-19-13-15-21(16-14-19)18-28-24(30)22-11-5-6-12-23(22)29-26(32)25(31)27-17-7-10-20-8-3-2-4-9-20/h2-6,8-9,11-16H,7,10,17-18H2,1H3,(H,27,31)(H,28,30)(H,29,32). The lowest BCUT2D eigenvalue weighted by molar-refractivity contribution is -0.136. The second-order valence-corrected chi connectivity index (χ2v) is 7.51. The van der Waals surface area contributed by atoms with E-state index in [0.717, 1.165) is 24.0 Å². The van der Waals surface area contributed by atoms with Crippen molar-refractivity contribution in [2.75, 3.05) is 11.9 Å². The number of amides is 3. The highest BCUT2D eigenvalue weighted by Crippen LogP contribution is 2.15. The van der Waals surface area contributed by atoms with Crippen LogP contribution in [0.1, 0.15) is 33.5 Å². The van der Waals surface area contributed by atoms with Crippen molar-refractivity contribution in [1.82, 2.24) is 10.6 Å². The van der Waals surface area contributed by atoms with Crippen molar-refractivity contribution >= 4 is 23.4 Å². The van der Waals surface area contributed by atoms with Crippen LogP contribution >= 0.6 is 0 Å². The van der Waals surface area contributed by atoms with Gasteiger partial charge < -0.3 is 16.0 Å². The second-order valence-electron chi connectivity index (χ2n) is 7.51. The van der Waals surface area contributed by atoms with Crippen LogP contribution in [0, 0.1) is 6.92 Å². The van der Waals surface area contributed by atoms with Crippen molar-refractivity contribution in [3.8, 4) is 0 Å². The molecule has 0 saturated carbocycles. The molecule has 0 bridgehead atoms. The molecule has 0 aliphatic rings. The van der Waals surface area contributed by atoms with Gasteiger partial charge in [0.1, 0.15) is 0 Å². The van der Waals surface area contributed by atoms with Gasteiger partial charge in [-0.15, -0.1) is 0 Å². The van der Waals surface area contributed by atoms with E-state index < -0.39 is 11.8 Å². The van der Waals surface area contributed by atoms with Gasteiger partial charge in [-0.3, -0.25) is 14.4 Å². The minimum absolute atomic E-state index is 0.290. The summed E-state index contributed by atoms with van der Waals surface area (Å²) in [5.41, 5.74) is 3.88. The quantitative estimate of drug-likeness (QED) is 0.378. The van der Waals surface area contributed by atoms with Gasteiger partial charge in [-0.05, 0) is 43.0 Å². The number of rotatable bonds is 8. The first-order chi connectivity index (χ1) is 15.5. The SMILES string of the molecule is Cc1ccc(CNC(=O)c2ccccc2NC(=O)C(=O)NCCCc2ccccc2)cc1. The number of hydrogen-bond donors (Lipinski definition) is 3. The number of hydrogen-bond acceptors (Lipinski definition) is 3. The topological polar surface area (TPSA) is 87.3 Å². The van der Waals surface area contributed by atoms with Crippen molar-refractivity contribution in [1.29, 1.82) is 0 Å². The van der Waals surface area contributed by atoms with E-state index in [2.05, 4.69) is 16.0 Å². The largest absolute Gasteiger partial charge is 0.348 e. The molecule has 0 unspecified atom stereocenters. The normalized spacial score (nSPS) is 10.3. The predicted octanol–water partition coefficient (Wildman–Crippen LogP) is 3.61. The Morgan fingerprint density at radius 1 is 0.719 bits per heavy atom. The first kappa shape index (κ1) is 22.7. The Balaban J connectivity index is 1.50. The molecule has 32 heavy (non-hydrogen) atoms. The van der Waals surface area contributed by atoms with Crippen LogP contribution in [0.2, 0.25) is 0 Å². The molecule has 3 aromatic rings. The molecule has 0 atom stereocenters. The molecule has 3 aromatic carbocycles. The number of benzene rings is 3. The molecule has 0 aliphatic heterocycles. The maximum atomic E-state index is 12.6. The molecule has 6 nitrogen and oxygen atoms in total.